The van der Waals surface area contributed by atoms with E-state index < -0.39 is 30.1 Å². The lowest BCUT2D eigenvalue weighted by molar-refractivity contribution is -0.143. The number of nitrogens with zero attached hydrogens (tertiary/aromatic N) is 1. The Balaban J connectivity index is 1.79. The molecule has 2 heterocycles. The first kappa shape index (κ1) is 20.5. The molecule has 29 heavy (non-hydrogen) atoms. The fourth-order valence-corrected chi connectivity index (χ4v) is 3.02. The smallest absolute Gasteiger partial charge is 0.416 e. The van der Waals surface area contributed by atoms with Gasteiger partial charge in [-0.1, -0.05) is 6.07 Å². The van der Waals surface area contributed by atoms with E-state index in [0.29, 0.717) is 18.0 Å². The van der Waals surface area contributed by atoms with Crippen molar-refractivity contribution in [3.63, 3.8) is 0 Å². The highest BCUT2D eigenvalue weighted by molar-refractivity contribution is 6.00. The molecule has 0 unspecified atom stereocenters. The summed E-state index contributed by atoms with van der Waals surface area (Å²) in [5.41, 5.74) is 0.765. The number of carbonyl (C=O) groups excluding carboxylic acids is 2. The van der Waals surface area contributed by atoms with Crippen molar-refractivity contribution in [3.05, 3.63) is 64.9 Å². The Morgan fingerprint density at radius 1 is 1.17 bits per heavy atom. The molecular weight excluding hydrogens is 391 g/mol. The van der Waals surface area contributed by atoms with Gasteiger partial charge < -0.3 is 18.8 Å². The second kappa shape index (κ2) is 8.02. The third-order valence-electron chi connectivity index (χ3n) is 4.35. The van der Waals surface area contributed by atoms with Gasteiger partial charge in [-0.05, 0) is 38.1 Å². The number of benzene rings is 1. The number of rotatable bonds is 5. The molecule has 154 valence electrons. The van der Waals surface area contributed by atoms with Crippen molar-refractivity contribution in [2.24, 2.45) is 0 Å². The molecule has 1 aromatic heterocycles. The van der Waals surface area contributed by atoms with E-state index in [1.54, 1.807) is 24.5 Å². The second-order valence-corrected chi connectivity index (χ2v) is 6.37. The van der Waals surface area contributed by atoms with Crippen LogP contribution in [0.25, 0.3) is 5.69 Å². The summed E-state index contributed by atoms with van der Waals surface area (Å²) in [6.07, 6.45) is -3.35. The molecule has 0 atom stereocenters. The highest BCUT2D eigenvalue weighted by atomic mass is 19.4. The molecule has 3 rings (SSSR count). The maximum absolute atomic E-state index is 13.0. The van der Waals surface area contributed by atoms with E-state index in [-0.39, 0.29) is 23.6 Å². The lowest BCUT2D eigenvalue weighted by Gasteiger charge is -2.14. The first-order valence-electron chi connectivity index (χ1n) is 8.70. The minimum Gasteiger partial charge on any atom is -0.493 e. The van der Waals surface area contributed by atoms with Crippen molar-refractivity contribution in [1.29, 1.82) is 0 Å². The molecule has 2 aromatic rings. The largest absolute Gasteiger partial charge is 0.493 e. The number of ketones is 1. The molecular formula is C20H18F3NO5. The number of carbonyl (C=O) groups is 2. The van der Waals surface area contributed by atoms with Crippen molar-refractivity contribution in [3.8, 4) is 5.69 Å². The normalized spacial score (nSPS) is 13.9. The van der Waals surface area contributed by atoms with Crippen LogP contribution in [0.15, 0.2) is 42.4 Å². The van der Waals surface area contributed by atoms with Crippen molar-refractivity contribution < 1.29 is 37.0 Å². The Labute approximate surface area is 164 Å². The Hall–Kier alpha value is -3.23. The average Bonchev–Trinajstić information content (AvgIpc) is 3.00. The predicted octanol–water partition coefficient (Wildman–Crippen LogP) is 3.73. The van der Waals surface area contributed by atoms with E-state index in [4.69, 9.17) is 14.2 Å². The van der Waals surface area contributed by atoms with E-state index in [1.165, 1.54) is 12.1 Å². The van der Waals surface area contributed by atoms with Gasteiger partial charge in [-0.25, -0.2) is 4.79 Å². The summed E-state index contributed by atoms with van der Waals surface area (Å²) in [6, 6.07) is 6.37. The van der Waals surface area contributed by atoms with Crippen molar-refractivity contribution in [2.75, 3.05) is 19.8 Å². The van der Waals surface area contributed by atoms with Crippen molar-refractivity contribution in [2.45, 2.75) is 20.0 Å². The first-order valence-corrected chi connectivity index (χ1v) is 8.70. The fraction of sp³-hybridized carbons (Fsp3) is 0.300. The maximum Gasteiger partial charge on any atom is 0.416 e. The highest BCUT2D eigenvalue weighted by Crippen LogP contribution is 2.31. The summed E-state index contributed by atoms with van der Waals surface area (Å²) < 4.78 is 55.6. The number of hydrogen-bond donors (Lipinski definition) is 0. The number of Topliss-reactive ketones (excluding diaryl/α,β-unsaturated/α-hetero) is 1. The molecule has 0 bridgehead atoms. The number of aromatic nitrogens is 1. The standard InChI is InChI=1S/C20H18F3NO5/c1-12-8-16(17(25)10-29-19(26)18-11-27-6-7-28-18)13(2)24(12)15-5-3-4-14(9-15)20(21,22)23/h3-5,8-9,11H,6-7,10H2,1-2H3. The van der Waals surface area contributed by atoms with Crippen LogP contribution in [-0.2, 0) is 25.2 Å². The zero-order valence-corrected chi connectivity index (χ0v) is 15.7. The lowest BCUT2D eigenvalue weighted by Crippen LogP contribution is -2.20. The van der Waals surface area contributed by atoms with Crippen LogP contribution in [0.5, 0.6) is 0 Å². The summed E-state index contributed by atoms with van der Waals surface area (Å²) in [4.78, 5) is 24.4. The number of ether oxygens (including phenoxy) is 3. The second-order valence-electron chi connectivity index (χ2n) is 6.37. The Morgan fingerprint density at radius 3 is 2.59 bits per heavy atom. The Bertz CT molecular complexity index is 975. The van der Waals surface area contributed by atoms with Gasteiger partial charge in [0.1, 0.15) is 19.5 Å². The van der Waals surface area contributed by atoms with Gasteiger partial charge in [0.15, 0.2) is 6.61 Å². The van der Waals surface area contributed by atoms with E-state index in [0.717, 1.165) is 18.4 Å². The molecule has 0 fully saturated rings. The van der Waals surface area contributed by atoms with Gasteiger partial charge in [0, 0.05) is 22.6 Å². The predicted molar refractivity (Wildman–Crippen MR) is 95.5 cm³/mol. The molecule has 1 aliphatic rings. The molecule has 0 N–H and O–H groups in total. The van der Waals surface area contributed by atoms with Crippen molar-refractivity contribution in [1.82, 2.24) is 4.57 Å². The van der Waals surface area contributed by atoms with E-state index in [9.17, 15) is 22.8 Å². The zero-order chi connectivity index (χ0) is 21.2. The van der Waals surface area contributed by atoms with Crippen LogP contribution in [0.4, 0.5) is 13.2 Å². The minimum atomic E-state index is -4.47. The fourth-order valence-electron chi connectivity index (χ4n) is 3.02. The van der Waals surface area contributed by atoms with Gasteiger partial charge >= 0.3 is 12.1 Å². The monoisotopic (exact) mass is 409 g/mol. The molecule has 0 aliphatic carbocycles. The van der Waals surface area contributed by atoms with E-state index >= 15 is 0 Å². The first-order chi connectivity index (χ1) is 13.7. The number of esters is 1. The molecule has 0 amide bonds. The number of halogens is 3. The summed E-state index contributed by atoms with van der Waals surface area (Å²) in [6.45, 7) is 3.27. The minimum absolute atomic E-state index is 0.126. The zero-order valence-electron chi connectivity index (χ0n) is 15.7. The summed E-state index contributed by atoms with van der Waals surface area (Å²) >= 11 is 0. The van der Waals surface area contributed by atoms with Crippen LogP contribution >= 0.6 is 0 Å². The van der Waals surface area contributed by atoms with Gasteiger partial charge in [-0.3, -0.25) is 4.79 Å². The van der Waals surface area contributed by atoms with Crippen LogP contribution in [0, 0.1) is 13.8 Å². The molecule has 0 spiro atoms. The molecule has 0 saturated carbocycles. The van der Waals surface area contributed by atoms with Crippen molar-refractivity contribution >= 4 is 11.8 Å². The lowest BCUT2D eigenvalue weighted by atomic mass is 10.1. The third kappa shape index (κ3) is 4.44. The Kier molecular flexibility index (Phi) is 5.67. The van der Waals surface area contributed by atoms with E-state index in [2.05, 4.69) is 0 Å². The molecule has 6 nitrogen and oxygen atoms in total. The summed E-state index contributed by atoms with van der Waals surface area (Å²) in [5.74, 6) is -1.44. The van der Waals surface area contributed by atoms with Crippen LogP contribution in [0.2, 0.25) is 0 Å². The van der Waals surface area contributed by atoms with Gasteiger partial charge in [0.05, 0.1) is 5.56 Å². The number of aryl methyl sites for hydroxylation is 1. The summed E-state index contributed by atoms with van der Waals surface area (Å²) in [7, 11) is 0. The van der Waals surface area contributed by atoms with E-state index in [1.807, 2.05) is 0 Å². The van der Waals surface area contributed by atoms with Crippen LogP contribution in [0.1, 0.15) is 27.3 Å². The maximum atomic E-state index is 13.0. The molecule has 1 aliphatic heterocycles. The van der Waals surface area contributed by atoms with Gasteiger partial charge in [0.25, 0.3) is 0 Å². The number of alkyl halides is 3. The van der Waals surface area contributed by atoms with Gasteiger partial charge in [-0.2, -0.15) is 13.2 Å². The highest BCUT2D eigenvalue weighted by Gasteiger charge is 2.31. The topological polar surface area (TPSA) is 66.8 Å². The molecule has 1 aromatic carbocycles. The quantitative estimate of drug-likeness (QED) is 0.556. The van der Waals surface area contributed by atoms with Crippen LogP contribution in [-0.4, -0.2) is 36.1 Å². The van der Waals surface area contributed by atoms with Crippen LogP contribution in [0.3, 0.4) is 0 Å². The number of hydrogen-bond acceptors (Lipinski definition) is 5. The van der Waals surface area contributed by atoms with Gasteiger partial charge in [-0.15, -0.1) is 0 Å². The van der Waals surface area contributed by atoms with Crippen LogP contribution < -0.4 is 0 Å². The molecule has 9 heteroatoms. The molecule has 0 radical (unpaired) electrons. The molecule has 0 saturated heterocycles. The average molecular weight is 409 g/mol. The summed E-state index contributed by atoms with van der Waals surface area (Å²) in [5, 5.41) is 0. The third-order valence-corrected chi connectivity index (χ3v) is 4.35. The van der Waals surface area contributed by atoms with Gasteiger partial charge in [0.2, 0.25) is 11.5 Å². The Morgan fingerprint density at radius 2 is 1.93 bits per heavy atom. The SMILES string of the molecule is Cc1cc(C(=O)COC(=O)C2=COCCO2)c(C)n1-c1cccc(C(F)(F)F)c1.